The van der Waals surface area contributed by atoms with Gasteiger partial charge in [0.15, 0.2) is 0 Å². The van der Waals surface area contributed by atoms with Crippen molar-refractivity contribution in [2.75, 3.05) is 13.2 Å². The molecule has 0 saturated heterocycles. The van der Waals surface area contributed by atoms with Gasteiger partial charge < -0.3 is 29.9 Å². The lowest BCUT2D eigenvalue weighted by Gasteiger charge is -2.30. The van der Waals surface area contributed by atoms with E-state index < -0.39 is 34.7 Å². The second kappa shape index (κ2) is 48.3. The fourth-order valence-electron chi connectivity index (χ4n) is 8.22. The maximum absolute atomic E-state index is 11.9. The number of hydrogen-bond acceptors (Lipinski definition) is 8. The Morgan fingerprint density at radius 2 is 0.545 bits per heavy atom. The number of carboxylic acid groups (broad SMARTS) is 4. The summed E-state index contributed by atoms with van der Waals surface area (Å²) in [4.78, 5) is 68.1. The van der Waals surface area contributed by atoms with Gasteiger partial charge in [0.1, 0.15) is 0 Å². The summed E-state index contributed by atoms with van der Waals surface area (Å²) in [7, 11) is 0. The van der Waals surface area contributed by atoms with Crippen molar-refractivity contribution in [1.29, 1.82) is 0 Å². The van der Waals surface area contributed by atoms with Crippen molar-refractivity contribution in [3.8, 4) is 0 Å². The van der Waals surface area contributed by atoms with Crippen molar-refractivity contribution in [2.45, 2.75) is 286 Å². The van der Waals surface area contributed by atoms with Crippen LogP contribution >= 0.6 is 0 Å². The van der Waals surface area contributed by atoms with Gasteiger partial charge in [0.25, 0.3) is 0 Å². The number of ether oxygens (including phenoxy) is 2. The van der Waals surface area contributed by atoms with Gasteiger partial charge in [-0.1, -0.05) is 183 Å². The average molecular weight is 943 g/mol. The number of carbonyl (C=O) groups excluding carboxylic acids is 2. The van der Waals surface area contributed by atoms with Gasteiger partial charge in [-0.05, 0) is 77.0 Å². The van der Waals surface area contributed by atoms with E-state index in [4.69, 9.17) is 19.7 Å². The zero-order chi connectivity index (χ0) is 50.2. The van der Waals surface area contributed by atoms with Crippen molar-refractivity contribution in [1.82, 2.24) is 0 Å². The summed E-state index contributed by atoms with van der Waals surface area (Å²) in [6.07, 6.45) is 33.0. The van der Waals surface area contributed by atoms with Crippen molar-refractivity contribution in [3.05, 3.63) is 0 Å². The van der Waals surface area contributed by atoms with E-state index >= 15 is 0 Å². The molecule has 0 aromatic heterocycles. The highest BCUT2D eigenvalue weighted by Gasteiger charge is 2.38. The van der Waals surface area contributed by atoms with Crippen LogP contribution in [0.3, 0.4) is 0 Å². The van der Waals surface area contributed by atoms with Crippen LogP contribution in [0.15, 0.2) is 0 Å². The van der Waals surface area contributed by atoms with Gasteiger partial charge in [-0.3, -0.25) is 28.8 Å². The van der Waals surface area contributed by atoms with Gasteiger partial charge >= 0.3 is 35.8 Å². The van der Waals surface area contributed by atoms with Crippen molar-refractivity contribution in [3.63, 3.8) is 0 Å². The maximum atomic E-state index is 11.9. The summed E-state index contributed by atoms with van der Waals surface area (Å²) in [5, 5.41) is 37.1. The molecule has 0 spiro atoms. The Labute approximate surface area is 402 Å². The number of carbonyl (C=O) groups is 6. The molecule has 0 amide bonds. The van der Waals surface area contributed by atoms with E-state index in [1.54, 1.807) is 0 Å². The maximum Gasteiger partial charge on any atom is 0.309 e. The Bertz CT molecular complexity index is 1070. The summed E-state index contributed by atoms with van der Waals surface area (Å²) in [5.74, 6) is -3.43. The predicted molar refractivity (Wildman–Crippen MR) is 267 cm³/mol. The number of carboxylic acids is 4. The molecule has 4 N–H and O–H groups in total. The van der Waals surface area contributed by atoms with Crippen LogP contribution in [0.5, 0.6) is 0 Å². The third-order valence-electron chi connectivity index (χ3n) is 12.6. The first-order valence-corrected chi connectivity index (χ1v) is 26.9. The molecule has 0 saturated carbocycles. The summed E-state index contributed by atoms with van der Waals surface area (Å²) in [6.45, 7) is 13.9. The van der Waals surface area contributed by atoms with E-state index in [0.29, 0.717) is 90.3 Å². The molecule has 0 aliphatic carbocycles. The number of esters is 2. The monoisotopic (exact) mass is 943 g/mol. The second-order valence-corrected chi connectivity index (χ2v) is 18.7. The van der Waals surface area contributed by atoms with Crippen molar-refractivity contribution >= 4 is 35.8 Å². The Morgan fingerprint density at radius 1 is 0.303 bits per heavy atom. The largest absolute Gasteiger partial charge is 0.481 e. The van der Waals surface area contributed by atoms with Gasteiger partial charge in [-0.25, -0.2) is 0 Å². The topological polar surface area (TPSA) is 202 Å². The van der Waals surface area contributed by atoms with Gasteiger partial charge in [-0.2, -0.15) is 0 Å². The molecule has 390 valence electrons. The molecule has 0 aliphatic rings. The molecule has 0 heterocycles. The van der Waals surface area contributed by atoms with Gasteiger partial charge in [0, 0.05) is 25.7 Å². The van der Waals surface area contributed by atoms with Gasteiger partial charge in [0.2, 0.25) is 0 Å². The van der Waals surface area contributed by atoms with Crippen LogP contribution < -0.4 is 0 Å². The molecule has 0 fully saturated rings. The van der Waals surface area contributed by atoms with Crippen LogP contribution in [0.2, 0.25) is 0 Å². The minimum Gasteiger partial charge on any atom is -0.481 e. The average Bonchev–Trinajstić information content (AvgIpc) is 3.27. The summed E-state index contributed by atoms with van der Waals surface area (Å²) >= 11 is 0. The van der Waals surface area contributed by atoms with Crippen molar-refractivity contribution < 1.29 is 58.7 Å². The molecule has 0 unspecified atom stereocenters. The summed E-state index contributed by atoms with van der Waals surface area (Å²) in [6, 6.07) is 0. The molecule has 0 bridgehead atoms. The normalized spacial score (nSPS) is 11.2. The van der Waals surface area contributed by atoms with E-state index in [0.717, 1.165) is 128 Å². The second-order valence-electron chi connectivity index (χ2n) is 18.7. The predicted octanol–water partition coefficient (Wildman–Crippen LogP) is 15.3. The van der Waals surface area contributed by atoms with Crippen LogP contribution in [0, 0.1) is 10.8 Å². The van der Waals surface area contributed by atoms with E-state index in [2.05, 4.69) is 41.5 Å². The van der Waals surface area contributed by atoms with E-state index in [9.17, 15) is 39.0 Å². The lowest BCUT2D eigenvalue weighted by molar-refractivity contribution is -0.152. The third-order valence-corrected chi connectivity index (χ3v) is 12.6. The van der Waals surface area contributed by atoms with E-state index in [-0.39, 0.29) is 24.8 Å². The molecule has 0 atom stereocenters. The summed E-state index contributed by atoms with van der Waals surface area (Å²) in [5.41, 5.74) is -1.42. The van der Waals surface area contributed by atoms with Crippen LogP contribution in [0.4, 0.5) is 0 Å². The molecule has 0 aromatic rings. The van der Waals surface area contributed by atoms with Crippen molar-refractivity contribution in [2.24, 2.45) is 10.8 Å². The first kappa shape index (κ1) is 67.1. The lowest BCUT2D eigenvalue weighted by Crippen LogP contribution is -2.31. The smallest absolute Gasteiger partial charge is 0.309 e. The van der Waals surface area contributed by atoms with Crippen LogP contribution in [0.1, 0.15) is 286 Å². The molecule has 0 aliphatic heterocycles. The Kier molecular flexibility index (Phi) is 49.1. The molecular formula is C54H102O12. The fourth-order valence-corrected chi connectivity index (χ4v) is 8.22. The number of rotatable bonds is 45. The van der Waals surface area contributed by atoms with Gasteiger partial charge in [0.05, 0.1) is 24.0 Å². The lowest BCUT2D eigenvalue weighted by atomic mass is 9.74. The first-order valence-electron chi connectivity index (χ1n) is 26.9. The number of unbranched alkanes of at least 4 members (excludes halogenated alkanes) is 19. The highest BCUT2D eigenvalue weighted by Crippen LogP contribution is 2.39. The van der Waals surface area contributed by atoms with Crippen LogP contribution in [-0.2, 0) is 38.2 Å². The molecule has 0 radical (unpaired) electrons. The Morgan fingerprint density at radius 3 is 0.773 bits per heavy atom. The highest BCUT2D eigenvalue weighted by atomic mass is 16.5. The molecular weight excluding hydrogens is 841 g/mol. The van der Waals surface area contributed by atoms with E-state index in [1.165, 1.54) is 25.7 Å². The number of aliphatic carboxylic acids is 4. The zero-order valence-electron chi connectivity index (χ0n) is 43.3. The Hall–Kier alpha value is -3.18. The third kappa shape index (κ3) is 42.2. The molecule has 12 nitrogen and oxygen atoms in total. The highest BCUT2D eigenvalue weighted by molar-refractivity contribution is 5.75. The minimum atomic E-state index is -0.837. The standard InChI is InChI=1S/3C18H34O4/c1-3-5-7-11-15-21-17(19)13-9-10-14-18(20)22-16-12-8-6-4-2;2*1-3-5-7-9-13-18(17(21)22,14-10-8-6-4-2)15-11-12-16(19)20/h3-16H2,1-2H3;2*3-15H2,1-2H3,(H,19,20)(H,21,22). The quantitative estimate of drug-likeness (QED) is 0.0333. The minimum absolute atomic E-state index is 0.0684. The molecule has 0 aromatic carbocycles. The Balaban J connectivity index is -0.000000902. The van der Waals surface area contributed by atoms with Crippen LogP contribution in [-0.4, -0.2) is 69.5 Å². The van der Waals surface area contributed by atoms with E-state index in [1.807, 2.05) is 0 Å². The zero-order valence-corrected chi connectivity index (χ0v) is 43.3. The fraction of sp³-hybridized carbons (Fsp3) is 0.889. The SMILES string of the molecule is CCCCCCC(CCCCCC)(CCCC(=O)O)C(=O)O.CCCCCCC(CCCCCC)(CCCC(=O)O)C(=O)O.CCCCCCOC(=O)CCCCC(=O)OCCCCCC. The summed E-state index contributed by atoms with van der Waals surface area (Å²) < 4.78 is 10.3. The molecule has 66 heavy (non-hydrogen) atoms. The number of hydrogen-bond donors (Lipinski definition) is 4. The van der Waals surface area contributed by atoms with Gasteiger partial charge in [-0.15, -0.1) is 0 Å². The molecule has 0 rings (SSSR count). The van der Waals surface area contributed by atoms with Crippen LogP contribution in [0.25, 0.3) is 0 Å². The first-order chi connectivity index (χ1) is 31.7. The molecule has 12 heteroatoms.